The first kappa shape index (κ1) is 16.7. The second-order valence-corrected chi connectivity index (χ2v) is 7.04. The Balaban J connectivity index is 3.18. The van der Waals surface area contributed by atoms with Crippen molar-refractivity contribution in [1.29, 1.82) is 0 Å². The van der Waals surface area contributed by atoms with Gasteiger partial charge in [0.25, 0.3) is 0 Å². The lowest BCUT2D eigenvalue weighted by Crippen LogP contribution is -2.34. The zero-order chi connectivity index (χ0) is 14.6. The molecule has 1 aromatic rings. The van der Waals surface area contributed by atoms with Crippen LogP contribution in [0.4, 0.5) is 4.39 Å². The third kappa shape index (κ3) is 4.32. The number of aliphatic hydroxyl groups excluding tert-OH is 1. The molecule has 8 heteroatoms. The molecule has 0 saturated heterocycles. The largest absolute Gasteiger partial charge is 0.392 e. The Morgan fingerprint density at radius 3 is 2.68 bits per heavy atom. The zero-order valence-electron chi connectivity index (χ0n) is 10.5. The average molecular weight is 328 g/mol. The van der Waals surface area contributed by atoms with E-state index >= 15 is 0 Å². The molecule has 1 aromatic carbocycles. The van der Waals surface area contributed by atoms with Crippen LogP contribution in [0, 0.1) is 5.82 Å². The van der Waals surface area contributed by atoms with Crippen molar-refractivity contribution in [3.05, 3.63) is 28.5 Å². The predicted octanol–water partition coefficient (Wildman–Crippen LogP) is 2.00. The van der Waals surface area contributed by atoms with Crippen molar-refractivity contribution in [3.63, 3.8) is 0 Å². The molecule has 0 aliphatic heterocycles. The Hall–Kier alpha value is -0.340. The maximum atomic E-state index is 13.9. The molecule has 0 amide bonds. The summed E-state index contributed by atoms with van der Waals surface area (Å²) in [4.78, 5) is -0.544. The second kappa shape index (κ2) is 6.90. The molecule has 19 heavy (non-hydrogen) atoms. The monoisotopic (exact) mass is 327 g/mol. The summed E-state index contributed by atoms with van der Waals surface area (Å²) in [5.41, 5.74) is -0.148. The number of halogens is 2. The van der Waals surface area contributed by atoms with Gasteiger partial charge in [-0.3, -0.25) is 0 Å². The van der Waals surface area contributed by atoms with E-state index in [1.54, 1.807) is 6.92 Å². The molecule has 0 aromatic heterocycles. The van der Waals surface area contributed by atoms with Crippen LogP contribution in [0.3, 0.4) is 0 Å². The molecule has 2 N–H and O–H groups in total. The fourth-order valence-electron chi connectivity index (χ4n) is 1.54. The van der Waals surface area contributed by atoms with Gasteiger partial charge in [-0.15, -0.1) is 0 Å². The number of thioether (sulfide) groups is 1. The Labute approximate surface area is 121 Å². The first-order chi connectivity index (χ1) is 8.81. The van der Waals surface area contributed by atoms with Gasteiger partial charge in [-0.2, -0.15) is 11.8 Å². The highest BCUT2D eigenvalue weighted by atomic mass is 35.5. The highest BCUT2D eigenvalue weighted by Gasteiger charge is 2.23. The van der Waals surface area contributed by atoms with Gasteiger partial charge in [0.1, 0.15) is 10.7 Å². The van der Waals surface area contributed by atoms with Gasteiger partial charge in [0.15, 0.2) is 0 Å². The first-order valence-electron chi connectivity index (χ1n) is 5.42. The van der Waals surface area contributed by atoms with Crippen molar-refractivity contribution >= 4 is 33.4 Å². The van der Waals surface area contributed by atoms with Gasteiger partial charge in [0.05, 0.1) is 6.61 Å². The van der Waals surface area contributed by atoms with Crippen molar-refractivity contribution in [2.45, 2.75) is 24.5 Å². The summed E-state index contributed by atoms with van der Waals surface area (Å²) in [6, 6.07) is 1.89. The fraction of sp³-hybridized carbons (Fsp3) is 0.455. The molecule has 0 aliphatic carbocycles. The molecule has 0 aliphatic rings. The number of benzene rings is 1. The van der Waals surface area contributed by atoms with Crippen molar-refractivity contribution < 1.29 is 17.9 Å². The van der Waals surface area contributed by atoms with Crippen LogP contribution >= 0.6 is 23.4 Å². The van der Waals surface area contributed by atoms with E-state index in [-0.39, 0.29) is 16.6 Å². The fourth-order valence-corrected chi connectivity index (χ4v) is 3.92. The quantitative estimate of drug-likeness (QED) is 0.838. The van der Waals surface area contributed by atoms with Gasteiger partial charge < -0.3 is 5.11 Å². The van der Waals surface area contributed by atoms with E-state index in [9.17, 15) is 12.8 Å². The number of hydrogen-bond donors (Lipinski definition) is 2. The van der Waals surface area contributed by atoms with Gasteiger partial charge in [-0.05, 0) is 25.3 Å². The van der Waals surface area contributed by atoms with E-state index in [1.807, 2.05) is 6.26 Å². The third-order valence-electron chi connectivity index (χ3n) is 2.31. The smallest absolute Gasteiger partial charge is 0.243 e. The van der Waals surface area contributed by atoms with Crippen LogP contribution in [0.1, 0.15) is 12.5 Å². The maximum Gasteiger partial charge on any atom is 0.243 e. The number of nitrogens with one attached hydrogen (secondary N) is 1. The van der Waals surface area contributed by atoms with Crippen LogP contribution in [0.5, 0.6) is 0 Å². The molecular weight excluding hydrogens is 313 g/mol. The summed E-state index contributed by atoms with van der Waals surface area (Å²) in [6.45, 7) is 1.07. The van der Waals surface area contributed by atoms with E-state index in [0.717, 1.165) is 6.07 Å². The summed E-state index contributed by atoms with van der Waals surface area (Å²) in [6.07, 6.45) is 1.84. The molecule has 0 heterocycles. The molecule has 1 rings (SSSR count). The molecule has 0 fully saturated rings. The average Bonchev–Trinajstić information content (AvgIpc) is 2.31. The minimum atomic E-state index is -4.00. The van der Waals surface area contributed by atoms with Crippen LogP contribution in [0.2, 0.25) is 5.02 Å². The van der Waals surface area contributed by atoms with Crippen LogP contribution < -0.4 is 4.72 Å². The van der Waals surface area contributed by atoms with Crippen LogP contribution in [0.25, 0.3) is 0 Å². The van der Waals surface area contributed by atoms with Crippen molar-refractivity contribution in [3.8, 4) is 0 Å². The van der Waals surface area contributed by atoms with Gasteiger partial charge >= 0.3 is 0 Å². The minimum Gasteiger partial charge on any atom is -0.392 e. The Morgan fingerprint density at radius 1 is 1.53 bits per heavy atom. The molecule has 4 nitrogen and oxygen atoms in total. The molecule has 0 spiro atoms. The van der Waals surface area contributed by atoms with Crippen molar-refractivity contribution in [1.82, 2.24) is 4.72 Å². The lowest BCUT2D eigenvalue weighted by atomic mass is 10.2. The van der Waals surface area contributed by atoms with Gasteiger partial charge in [0, 0.05) is 22.4 Å². The van der Waals surface area contributed by atoms with Crippen LogP contribution in [-0.4, -0.2) is 31.6 Å². The lowest BCUT2D eigenvalue weighted by Gasteiger charge is -2.14. The van der Waals surface area contributed by atoms with Crippen molar-refractivity contribution in [2.75, 3.05) is 12.0 Å². The van der Waals surface area contributed by atoms with E-state index in [0.29, 0.717) is 5.75 Å². The summed E-state index contributed by atoms with van der Waals surface area (Å²) in [7, 11) is -4.00. The van der Waals surface area contributed by atoms with Gasteiger partial charge in [-0.25, -0.2) is 17.5 Å². The van der Waals surface area contributed by atoms with Crippen LogP contribution in [-0.2, 0) is 16.6 Å². The van der Waals surface area contributed by atoms with E-state index < -0.39 is 27.3 Å². The van der Waals surface area contributed by atoms with Gasteiger partial charge in [0.2, 0.25) is 10.0 Å². The minimum absolute atomic E-state index is 0.0587. The second-order valence-electron chi connectivity index (χ2n) is 4.01. The topological polar surface area (TPSA) is 66.4 Å². The summed E-state index contributed by atoms with van der Waals surface area (Å²) >= 11 is 7.20. The molecular formula is C11H15ClFNO3S2. The first-order valence-corrected chi connectivity index (χ1v) is 8.67. The summed E-state index contributed by atoms with van der Waals surface area (Å²) in [5.74, 6) is -0.412. The Bertz CT molecular complexity index is 551. The molecule has 0 saturated carbocycles. The van der Waals surface area contributed by atoms with E-state index in [4.69, 9.17) is 16.7 Å². The highest BCUT2D eigenvalue weighted by molar-refractivity contribution is 7.98. The SMILES string of the molecule is CSCC(C)NS(=O)(=O)c1cc(Cl)cc(CO)c1F. The summed E-state index contributed by atoms with van der Waals surface area (Å²) in [5, 5.41) is 9.04. The number of hydrogen-bond acceptors (Lipinski definition) is 4. The molecule has 1 atom stereocenters. The summed E-state index contributed by atoms with van der Waals surface area (Å²) < 4.78 is 40.4. The Morgan fingerprint density at radius 2 is 2.16 bits per heavy atom. The normalized spacial score (nSPS) is 13.5. The standard InChI is InChI=1S/C11H15ClFNO3S2/c1-7(6-18-2)14-19(16,17)10-4-9(12)3-8(5-15)11(10)13/h3-4,7,14-15H,5-6H2,1-2H3. The number of sulfonamides is 1. The zero-order valence-corrected chi connectivity index (χ0v) is 12.9. The highest BCUT2D eigenvalue weighted by Crippen LogP contribution is 2.24. The number of aliphatic hydroxyl groups is 1. The van der Waals surface area contributed by atoms with Crippen LogP contribution in [0.15, 0.2) is 17.0 Å². The molecule has 1 unspecified atom stereocenters. The maximum absolute atomic E-state index is 13.9. The molecule has 0 bridgehead atoms. The predicted molar refractivity (Wildman–Crippen MR) is 75.5 cm³/mol. The van der Waals surface area contributed by atoms with Crippen molar-refractivity contribution in [2.24, 2.45) is 0 Å². The van der Waals surface area contributed by atoms with Gasteiger partial charge in [-0.1, -0.05) is 11.6 Å². The third-order valence-corrected chi connectivity index (χ3v) is 4.95. The Kier molecular flexibility index (Phi) is 6.07. The van der Waals surface area contributed by atoms with E-state index in [1.165, 1.54) is 17.8 Å². The lowest BCUT2D eigenvalue weighted by molar-refractivity contribution is 0.274. The molecule has 108 valence electrons. The molecule has 0 radical (unpaired) electrons. The van der Waals surface area contributed by atoms with E-state index in [2.05, 4.69) is 4.72 Å². The number of rotatable bonds is 6.